The highest BCUT2D eigenvalue weighted by molar-refractivity contribution is 6.40. The molecule has 1 aromatic carbocycles. The largest absolute Gasteiger partial charge is 0.461 e. The smallest absolute Gasteiger partial charge is 0.154 e. The Morgan fingerprint density at radius 1 is 0.955 bits per heavy atom. The molecule has 116 valence electrons. The van der Waals surface area contributed by atoms with Crippen molar-refractivity contribution in [2.24, 2.45) is 5.73 Å². The molecule has 3 nitrogen and oxygen atoms in total. The predicted molar refractivity (Wildman–Crippen MR) is 89.4 cm³/mol. The molecule has 4 heteroatoms. The van der Waals surface area contributed by atoms with Crippen LogP contribution in [-0.2, 0) is 5.54 Å². The monoisotopic (exact) mass is 317 g/mol. The Hall–Kier alpha value is -1.45. The molecule has 0 amide bonds. The molecule has 2 heterocycles. The summed E-state index contributed by atoms with van der Waals surface area (Å²) in [6.45, 7) is 3.88. The van der Waals surface area contributed by atoms with Crippen LogP contribution < -0.4 is 5.73 Å². The maximum atomic E-state index is 6.84. The van der Waals surface area contributed by atoms with Gasteiger partial charge in [-0.15, -0.1) is 0 Å². The minimum absolute atomic E-state index is 0.361. The van der Waals surface area contributed by atoms with Crippen molar-refractivity contribution in [3.63, 3.8) is 0 Å². The summed E-state index contributed by atoms with van der Waals surface area (Å²) in [6.07, 6.45) is 5.50. The number of halogens is 1. The second-order valence-electron chi connectivity index (χ2n) is 6.61. The number of aryl methyl sites for hydroxylation is 2. The second kappa shape index (κ2) is 4.77. The van der Waals surface area contributed by atoms with Crippen molar-refractivity contribution in [2.45, 2.75) is 51.5 Å². The number of nitrogens with two attached hydrogens (primary N) is 1. The third-order valence-corrected chi connectivity index (χ3v) is 5.26. The van der Waals surface area contributed by atoms with Gasteiger partial charge in [-0.1, -0.05) is 30.9 Å². The first-order valence-corrected chi connectivity index (χ1v) is 8.28. The lowest BCUT2D eigenvalue weighted by Gasteiger charge is -2.34. The van der Waals surface area contributed by atoms with Gasteiger partial charge in [-0.05, 0) is 38.8 Å². The number of rotatable bonds is 1. The van der Waals surface area contributed by atoms with Gasteiger partial charge in [0.15, 0.2) is 5.58 Å². The first-order valence-electron chi connectivity index (χ1n) is 7.91. The fourth-order valence-corrected chi connectivity index (χ4v) is 4.18. The van der Waals surface area contributed by atoms with Crippen molar-refractivity contribution in [3.05, 3.63) is 34.2 Å². The fraction of sp³-hybridized carbons (Fsp3) is 0.444. The molecule has 0 spiro atoms. The quantitative estimate of drug-likeness (QED) is 0.638. The highest BCUT2D eigenvalue weighted by Crippen LogP contribution is 2.46. The summed E-state index contributed by atoms with van der Waals surface area (Å²) in [6, 6.07) is 4.02. The van der Waals surface area contributed by atoms with Gasteiger partial charge >= 0.3 is 0 Å². The van der Waals surface area contributed by atoms with Crippen LogP contribution in [0.2, 0.25) is 5.02 Å². The normalized spacial score (nSPS) is 18.4. The Balaban J connectivity index is 2.14. The number of hydrogen-bond acceptors (Lipinski definition) is 3. The minimum atomic E-state index is -0.361. The highest BCUT2D eigenvalue weighted by Gasteiger charge is 2.35. The zero-order chi connectivity index (χ0) is 15.5. The molecule has 22 heavy (non-hydrogen) atoms. The van der Waals surface area contributed by atoms with Gasteiger partial charge in [-0.2, -0.15) is 0 Å². The van der Waals surface area contributed by atoms with E-state index < -0.39 is 0 Å². The molecule has 1 aliphatic carbocycles. The van der Waals surface area contributed by atoms with Gasteiger partial charge in [0.1, 0.15) is 17.1 Å². The lowest BCUT2D eigenvalue weighted by atomic mass is 9.76. The SMILES string of the molecule is Cc1cc2c(C3(N)CCCCC3)c3oc(C)cc3c(Cl)c2o1. The van der Waals surface area contributed by atoms with E-state index in [1.807, 2.05) is 26.0 Å². The Morgan fingerprint density at radius 2 is 1.55 bits per heavy atom. The van der Waals surface area contributed by atoms with Crippen LogP contribution in [0, 0.1) is 13.8 Å². The molecule has 1 fully saturated rings. The Morgan fingerprint density at radius 3 is 2.23 bits per heavy atom. The van der Waals surface area contributed by atoms with E-state index in [0.29, 0.717) is 5.02 Å². The van der Waals surface area contributed by atoms with Gasteiger partial charge in [0.05, 0.1) is 5.02 Å². The molecule has 2 aromatic heterocycles. The summed E-state index contributed by atoms with van der Waals surface area (Å²) < 4.78 is 11.9. The van der Waals surface area contributed by atoms with E-state index in [9.17, 15) is 0 Å². The zero-order valence-corrected chi connectivity index (χ0v) is 13.7. The van der Waals surface area contributed by atoms with Crippen LogP contribution in [0.4, 0.5) is 0 Å². The number of furan rings is 2. The molecule has 4 rings (SSSR count). The Kier molecular flexibility index (Phi) is 3.07. The molecule has 0 radical (unpaired) electrons. The predicted octanol–water partition coefficient (Wildman–Crippen LogP) is 5.57. The summed E-state index contributed by atoms with van der Waals surface area (Å²) in [4.78, 5) is 0. The fourth-order valence-electron chi connectivity index (χ4n) is 3.90. The third kappa shape index (κ3) is 1.92. The van der Waals surface area contributed by atoms with Crippen LogP contribution >= 0.6 is 11.6 Å². The molecule has 0 atom stereocenters. The molecule has 1 aliphatic rings. The van der Waals surface area contributed by atoms with Crippen molar-refractivity contribution >= 4 is 33.5 Å². The highest BCUT2D eigenvalue weighted by atomic mass is 35.5. The summed E-state index contributed by atoms with van der Waals surface area (Å²) >= 11 is 6.56. The van der Waals surface area contributed by atoms with Crippen LogP contribution in [0.3, 0.4) is 0 Å². The molecule has 0 aliphatic heterocycles. The van der Waals surface area contributed by atoms with Crippen LogP contribution in [-0.4, -0.2) is 0 Å². The van der Waals surface area contributed by atoms with Gasteiger partial charge in [0.2, 0.25) is 0 Å². The molecule has 0 unspecified atom stereocenters. The maximum absolute atomic E-state index is 6.84. The van der Waals surface area contributed by atoms with Crippen LogP contribution in [0.15, 0.2) is 21.0 Å². The maximum Gasteiger partial charge on any atom is 0.154 e. The Bertz CT molecular complexity index is 811. The van der Waals surface area contributed by atoms with E-state index in [1.165, 1.54) is 6.42 Å². The van der Waals surface area contributed by atoms with E-state index in [4.69, 9.17) is 26.2 Å². The van der Waals surface area contributed by atoms with Gasteiger partial charge < -0.3 is 14.6 Å². The standard InChI is InChI=1S/C18H20ClNO2/c1-10-8-12-14(18(20)6-4-3-5-7-18)16-13(9-11(2)21-16)15(19)17(12)22-10/h8-9H,3-7,20H2,1-2H3. The first-order chi connectivity index (χ1) is 10.5. The van der Waals surface area contributed by atoms with E-state index in [-0.39, 0.29) is 5.54 Å². The van der Waals surface area contributed by atoms with E-state index in [2.05, 4.69) is 0 Å². The second-order valence-corrected chi connectivity index (χ2v) is 6.98. The Labute approximate surface area is 134 Å². The number of benzene rings is 1. The lowest BCUT2D eigenvalue weighted by Crippen LogP contribution is -2.38. The molecule has 2 N–H and O–H groups in total. The van der Waals surface area contributed by atoms with Crippen LogP contribution in [0.1, 0.15) is 49.2 Å². The average molecular weight is 318 g/mol. The molecule has 1 saturated carbocycles. The number of hydrogen-bond donors (Lipinski definition) is 1. The van der Waals surface area contributed by atoms with E-state index in [0.717, 1.165) is 64.7 Å². The average Bonchev–Trinajstić information content (AvgIpc) is 3.02. The zero-order valence-electron chi connectivity index (χ0n) is 13.0. The lowest BCUT2D eigenvalue weighted by molar-refractivity contribution is 0.304. The van der Waals surface area contributed by atoms with Crippen molar-refractivity contribution < 1.29 is 8.83 Å². The first kappa shape index (κ1) is 14.2. The molecular formula is C18H20ClNO2. The summed E-state index contributed by atoms with van der Waals surface area (Å²) in [5, 5.41) is 2.54. The summed E-state index contributed by atoms with van der Waals surface area (Å²) in [5.41, 5.74) is 9.12. The number of fused-ring (bicyclic) bond motifs is 2. The molecular weight excluding hydrogens is 298 g/mol. The van der Waals surface area contributed by atoms with Crippen molar-refractivity contribution in [2.75, 3.05) is 0 Å². The van der Waals surface area contributed by atoms with Crippen molar-refractivity contribution in [3.8, 4) is 0 Å². The van der Waals surface area contributed by atoms with E-state index >= 15 is 0 Å². The molecule has 3 aromatic rings. The molecule has 0 saturated heterocycles. The molecule has 0 bridgehead atoms. The van der Waals surface area contributed by atoms with Crippen LogP contribution in [0.25, 0.3) is 21.9 Å². The van der Waals surface area contributed by atoms with Gasteiger partial charge in [-0.25, -0.2) is 0 Å². The van der Waals surface area contributed by atoms with E-state index in [1.54, 1.807) is 0 Å². The van der Waals surface area contributed by atoms with Crippen molar-refractivity contribution in [1.29, 1.82) is 0 Å². The summed E-state index contributed by atoms with van der Waals surface area (Å²) in [7, 11) is 0. The third-order valence-electron chi connectivity index (χ3n) is 4.89. The van der Waals surface area contributed by atoms with Gasteiger partial charge in [-0.3, -0.25) is 0 Å². The van der Waals surface area contributed by atoms with Gasteiger partial charge in [0, 0.05) is 21.9 Å². The van der Waals surface area contributed by atoms with Gasteiger partial charge in [0.25, 0.3) is 0 Å². The summed E-state index contributed by atoms with van der Waals surface area (Å²) in [5.74, 6) is 1.70. The van der Waals surface area contributed by atoms with Crippen LogP contribution in [0.5, 0.6) is 0 Å². The van der Waals surface area contributed by atoms with Crippen molar-refractivity contribution in [1.82, 2.24) is 0 Å². The minimum Gasteiger partial charge on any atom is -0.461 e. The topological polar surface area (TPSA) is 52.3 Å².